The summed E-state index contributed by atoms with van der Waals surface area (Å²) >= 11 is 0. The Bertz CT molecular complexity index is 114. The van der Waals surface area contributed by atoms with Gasteiger partial charge < -0.3 is 5.11 Å². The molecule has 0 aliphatic carbocycles. The van der Waals surface area contributed by atoms with Crippen molar-refractivity contribution in [3.63, 3.8) is 0 Å². The average Bonchev–Trinajstić information content (AvgIpc) is 2.03. The molecule has 0 fully saturated rings. The van der Waals surface area contributed by atoms with E-state index >= 15 is 0 Å². The van der Waals surface area contributed by atoms with Crippen LogP contribution in [0.3, 0.4) is 0 Å². The van der Waals surface area contributed by atoms with Crippen molar-refractivity contribution in [2.24, 2.45) is 0 Å². The van der Waals surface area contributed by atoms with Crippen LogP contribution in [0.25, 0.3) is 0 Å². The first kappa shape index (κ1) is 10.3. The number of hydrogen-bond donors (Lipinski definition) is 1. The van der Waals surface area contributed by atoms with Gasteiger partial charge in [0.2, 0.25) is 0 Å². The lowest BCUT2D eigenvalue weighted by Gasteiger charge is -1.88. The maximum absolute atomic E-state index is 8.31. The molecule has 0 radical (unpaired) electrons. The first-order valence-corrected chi connectivity index (χ1v) is 4.36. The van der Waals surface area contributed by atoms with Crippen molar-refractivity contribution in [3.8, 4) is 0 Å². The van der Waals surface area contributed by atoms with Gasteiger partial charge in [-0.25, -0.2) is 0 Å². The van der Waals surface area contributed by atoms with Crippen molar-refractivity contribution in [1.29, 1.82) is 0 Å². The van der Waals surface area contributed by atoms with Crippen LogP contribution in [0.1, 0.15) is 39.0 Å². The summed E-state index contributed by atoms with van der Waals surface area (Å²) in [6.07, 6.45) is 13.0. The summed E-state index contributed by atoms with van der Waals surface area (Å²) in [6.45, 7) is 2.18. The van der Waals surface area contributed by atoms with Crippen molar-refractivity contribution in [1.82, 2.24) is 0 Å². The number of unbranched alkanes of at least 4 members (excludes halogenated alkanes) is 3. The van der Waals surface area contributed by atoms with Crippen LogP contribution >= 0.6 is 0 Å². The molecule has 0 aliphatic rings. The van der Waals surface area contributed by atoms with Crippen LogP contribution in [0.5, 0.6) is 0 Å². The molecule has 0 unspecified atom stereocenters. The van der Waals surface area contributed by atoms with E-state index in [4.69, 9.17) is 5.11 Å². The minimum absolute atomic E-state index is 0.979. The minimum Gasteiger partial charge on any atom is -0.516 e. The topological polar surface area (TPSA) is 20.2 Å². The van der Waals surface area contributed by atoms with E-state index in [0.717, 1.165) is 25.5 Å². The lowest BCUT2D eigenvalue weighted by Crippen LogP contribution is -1.69. The highest BCUT2D eigenvalue weighted by atomic mass is 16.2. The third-order valence-corrected chi connectivity index (χ3v) is 1.47. The molecule has 64 valence electrons. The molecule has 0 aromatic carbocycles. The molecule has 0 aromatic rings. The van der Waals surface area contributed by atoms with E-state index in [-0.39, 0.29) is 0 Å². The number of aliphatic hydroxyl groups excluding tert-OH is 1. The molecule has 1 heteroatoms. The Morgan fingerprint density at radius 1 is 1.00 bits per heavy atom. The molecule has 1 N–H and O–H groups in total. The first-order chi connectivity index (χ1) is 5.41. The number of hydrogen-bond acceptors (Lipinski definition) is 1. The minimum atomic E-state index is 0.979. The van der Waals surface area contributed by atoms with Gasteiger partial charge in [0.05, 0.1) is 6.26 Å². The summed E-state index contributed by atoms with van der Waals surface area (Å²) in [6, 6.07) is 0. The Labute approximate surface area is 69.4 Å². The van der Waals surface area contributed by atoms with Crippen LogP contribution in [-0.4, -0.2) is 5.11 Å². The third-order valence-electron chi connectivity index (χ3n) is 1.47. The zero-order valence-corrected chi connectivity index (χ0v) is 7.29. The smallest absolute Gasteiger partial charge is 0.0751 e. The molecule has 0 rings (SSSR count). The fourth-order valence-corrected chi connectivity index (χ4v) is 0.830. The Balaban J connectivity index is 3.00. The molecule has 0 spiro atoms. The molecule has 1 nitrogen and oxygen atoms in total. The molecule has 0 bridgehead atoms. The van der Waals surface area contributed by atoms with Crippen LogP contribution in [0.4, 0.5) is 0 Å². The summed E-state index contributed by atoms with van der Waals surface area (Å²) in [5, 5.41) is 8.31. The van der Waals surface area contributed by atoms with Crippen LogP contribution in [0.15, 0.2) is 24.5 Å². The van der Waals surface area contributed by atoms with Gasteiger partial charge in [0, 0.05) is 0 Å². The van der Waals surface area contributed by atoms with E-state index in [1.807, 2.05) is 0 Å². The number of allylic oxidation sites excluding steroid dienone is 3. The number of rotatable bonds is 6. The van der Waals surface area contributed by atoms with Gasteiger partial charge in [0.15, 0.2) is 0 Å². The van der Waals surface area contributed by atoms with Crippen molar-refractivity contribution < 1.29 is 5.11 Å². The summed E-state index contributed by atoms with van der Waals surface area (Å²) < 4.78 is 0. The van der Waals surface area contributed by atoms with Crippen molar-refractivity contribution in [2.75, 3.05) is 0 Å². The maximum Gasteiger partial charge on any atom is 0.0751 e. The fourth-order valence-electron chi connectivity index (χ4n) is 0.830. The standard InChI is InChI=1S/C10H18O/c1-2-3-4-5-6-7-8-9-10-11/h4-5,9-11H,2-3,6-8H2,1H3. The molecule has 11 heavy (non-hydrogen) atoms. The van der Waals surface area contributed by atoms with E-state index in [0.29, 0.717) is 0 Å². The predicted molar refractivity (Wildman–Crippen MR) is 49.7 cm³/mol. The third kappa shape index (κ3) is 9.28. The zero-order chi connectivity index (χ0) is 8.36. The lowest BCUT2D eigenvalue weighted by atomic mass is 10.2. The average molecular weight is 154 g/mol. The molecular formula is C10H18O. The Hall–Kier alpha value is -0.720. The van der Waals surface area contributed by atoms with Crippen LogP contribution in [-0.2, 0) is 0 Å². The van der Waals surface area contributed by atoms with Gasteiger partial charge in [-0.2, -0.15) is 0 Å². The lowest BCUT2D eigenvalue weighted by molar-refractivity contribution is 0.470. The molecule has 0 aromatic heterocycles. The monoisotopic (exact) mass is 154 g/mol. The fraction of sp³-hybridized carbons (Fsp3) is 0.600. The van der Waals surface area contributed by atoms with Gasteiger partial charge in [-0.3, -0.25) is 0 Å². The summed E-state index contributed by atoms with van der Waals surface area (Å²) in [5.41, 5.74) is 0. The van der Waals surface area contributed by atoms with Gasteiger partial charge in [-0.05, 0) is 25.7 Å². The van der Waals surface area contributed by atoms with Crippen LogP contribution < -0.4 is 0 Å². The molecule has 0 saturated heterocycles. The summed E-state index contributed by atoms with van der Waals surface area (Å²) in [4.78, 5) is 0. The zero-order valence-electron chi connectivity index (χ0n) is 7.29. The Morgan fingerprint density at radius 2 is 1.64 bits per heavy atom. The van der Waals surface area contributed by atoms with E-state index < -0.39 is 0 Å². The highest BCUT2D eigenvalue weighted by molar-refractivity contribution is 4.82. The normalized spacial score (nSPS) is 11.7. The van der Waals surface area contributed by atoms with Gasteiger partial charge in [-0.15, -0.1) is 0 Å². The van der Waals surface area contributed by atoms with Crippen LogP contribution in [0.2, 0.25) is 0 Å². The van der Waals surface area contributed by atoms with Gasteiger partial charge in [-0.1, -0.05) is 31.6 Å². The molecular weight excluding hydrogens is 136 g/mol. The van der Waals surface area contributed by atoms with Crippen LogP contribution in [0, 0.1) is 0 Å². The highest BCUT2D eigenvalue weighted by Gasteiger charge is 1.79. The van der Waals surface area contributed by atoms with Gasteiger partial charge in [0.25, 0.3) is 0 Å². The molecule has 0 aliphatic heterocycles. The summed E-state index contributed by atoms with van der Waals surface area (Å²) in [5.74, 6) is 0. The summed E-state index contributed by atoms with van der Waals surface area (Å²) in [7, 11) is 0. The first-order valence-electron chi connectivity index (χ1n) is 4.36. The van der Waals surface area contributed by atoms with Crippen molar-refractivity contribution >= 4 is 0 Å². The molecule has 0 heterocycles. The Morgan fingerprint density at radius 3 is 2.27 bits per heavy atom. The quantitative estimate of drug-likeness (QED) is 0.352. The second kappa shape index (κ2) is 9.28. The van der Waals surface area contributed by atoms with E-state index in [1.54, 1.807) is 6.08 Å². The molecule has 0 saturated carbocycles. The van der Waals surface area contributed by atoms with Crippen molar-refractivity contribution in [2.45, 2.75) is 39.0 Å². The highest BCUT2D eigenvalue weighted by Crippen LogP contribution is 1.98. The molecule has 0 atom stereocenters. The largest absolute Gasteiger partial charge is 0.516 e. The maximum atomic E-state index is 8.31. The predicted octanol–water partition coefficient (Wildman–Crippen LogP) is 3.58. The Kier molecular flexibility index (Phi) is 8.67. The molecule has 0 amide bonds. The van der Waals surface area contributed by atoms with Crippen molar-refractivity contribution in [3.05, 3.63) is 24.5 Å². The van der Waals surface area contributed by atoms with Gasteiger partial charge in [0.1, 0.15) is 0 Å². The van der Waals surface area contributed by atoms with E-state index in [1.165, 1.54) is 12.8 Å². The van der Waals surface area contributed by atoms with E-state index in [9.17, 15) is 0 Å². The second-order valence-electron chi connectivity index (χ2n) is 2.58. The number of aliphatic hydroxyl groups is 1. The second-order valence-corrected chi connectivity index (χ2v) is 2.58. The van der Waals surface area contributed by atoms with Gasteiger partial charge >= 0.3 is 0 Å². The van der Waals surface area contributed by atoms with E-state index in [2.05, 4.69) is 19.1 Å². The SMILES string of the molecule is CCCC=CCCCC=CO.